The molecular formula is C18H14BrCl2N3O4S. The molecule has 0 saturated carbocycles. The smallest absolute Gasteiger partial charge is 0.285 e. The third-order valence-electron chi connectivity index (χ3n) is 3.93. The molecule has 1 aromatic heterocycles. The van der Waals surface area contributed by atoms with Crippen LogP contribution in [-0.2, 0) is 10.0 Å². The van der Waals surface area contributed by atoms with Crippen molar-refractivity contribution < 1.29 is 17.9 Å². The van der Waals surface area contributed by atoms with Gasteiger partial charge >= 0.3 is 0 Å². The summed E-state index contributed by atoms with van der Waals surface area (Å²) in [6.45, 7) is 1.62. The average molecular weight is 519 g/mol. The van der Waals surface area contributed by atoms with Crippen molar-refractivity contribution in [2.24, 2.45) is 0 Å². The number of carbonyl (C=O) groups excluding carboxylic acids is 1. The number of imidazole rings is 1. The van der Waals surface area contributed by atoms with Gasteiger partial charge in [-0.25, -0.2) is 18.1 Å². The minimum Gasteiger partial charge on any atom is -0.497 e. The van der Waals surface area contributed by atoms with Crippen LogP contribution in [0.15, 0.2) is 52.2 Å². The maximum Gasteiger partial charge on any atom is 0.285 e. The highest BCUT2D eigenvalue weighted by Crippen LogP contribution is 2.25. The molecule has 0 unspecified atom stereocenters. The van der Waals surface area contributed by atoms with Crippen molar-refractivity contribution in [3.63, 3.8) is 0 Å². The molecule has 3 aromatic rings. The van der Waals surface area contributed by atoms with E-state index in [2.05, 4.69) is 20.9 Å². The number of benzene rings is 2. The van der Waals surface area contributed by atoms with Crippen molar-refractivity contribution in [2.45, 2.75) is 11.8 Å². The molecule has 0 aliphatic carbocycles. The summed E-state index contributed by atoms with van der Waals surface area (Å²) in [6, 6.07) is 9.37. The molecule has 0 aliphatic heterocycles. The standard InChI is InChI=1S/C18H14BrCl2N3O4S/c1-10-3-4-14(28-2)8-16(10)29(26,27)23-17(25)15-9-24(18(19)22-15)13-6-11(20)5-12(21)7-13/h3-9H,1-2H3,(H,23,25). The number of aromatic nitrogens is 2. The predicted molar refractivity (Wildman–Crippen MR) is 114 cm³/mol. The Balaban J connectivity index is 1.92. The highest BCUT2D eigenvalue weighted by Gasteiger charge is 2.24. The summed E-state index contributed by atoms with van der Waals surface area (Å²) < 4.78 is 34.2. The number of sulfonamides is 1. The van der Waals surface area contributed by atoms with Gasteiger partial charge in [0.15, 0.2) is 4.73 Å². The molecule has 11 heteroatoms. The SMILES string of the molecule is COc1ccc(C)c(S(=O)(=O)NC(=O)c2cn(-c3cc(Cl)cc(Cl)c3)c(Br)n2)c1. The number of halogens is 3. The van der Waals surface area contributed by atoms with Gasteiger partial charge in [0, 0.05) is 22.3 Å². The Bertz CT molecular complexity index is 1190. The number of amides is 1. The van der Waals surface area contributed by atoms with Crippen LogP contribution in [0.1, 0.15) is 16.1 Å². The summed E-state index contributed by atoms with van der Waals surface area (Å²) in [5, 5.41) is 0.797. The largest absolute Gasteiger partial charge is 0.497 e. The molecule has 29 heavy (non-hydrogen) atoms. The quantitative estimate of drug-likeness (QED) is 0.541. The maximum absolute atomic E-state index is 12.7. The highest BCUT2D eigenvalue weighted by molar-refractivity contribution is 9.10. The van der Waals surface area contributed by atoms with Gasteiger partial charge < -0.3 is 4.74 Å². The average Bonchev–Trinajstić information content (AvgIpc) is 3.03. The predicted octanol–water partition coefficient (Wildman–Crippen LogP) is 4.38. The topological polar surface area (TPSA) is 90.3 Å². The van der Waals surface area contributed by atoms with Crippen molar-refractivity contribution in [3.05, 3.63) is 68.6 Å². The molecule has 0 saturated heterocycles. The molecule has 1 amide bonds. The van der Waals surface area contributed by atoms with Crippen LogP contribution in [0.4, 0.5) is 0 Å². The Morgan fingerprint density at radius 3 is 2.45 bits per heavy atom. The summed E-state index contributed by atoms with van der Waals surface area (Å²) >= 11 is 15.3. The van der Waals surface area contributed by atoms with Crippen LogP contribution < -0.4 is 9.46 Å². The van der Waals surface area contributed by atoms with Gasteiger partial charge in [-0.1, -0.05) is 29.3 Å². The van der Waals surface area contributed by atoms with Crippen molar-refractivity contribution in [1.82, 2.24) is 14.3 Å². The van der Waals surface area contributed by atoms with Gasteiger partial charge in [-0.3, -0.25) is 9.36 Å². The molecule has 0 fully saturated rings. The van der Waals surface area contributed by atoms with E-state index in [9.17, 15) is 13.2 Å². The van der Waals surface area contributed by atoms with Crippen molar-refractivity contribution in [3.8, 4) is 11.4 Å². The molecule has 0 aliphatic rings. The lowest BCUT2D eigenvalue weighted by molar-refractivity contribution is 0.0977. The number of rotatable bonds is 5. The molecule has 0 bridgehead atoms. The fourth-order valence-corrected chi connectivity index (χ4v) is 4.79. The van der Waals surface area contributed by atoms with E-state index < -0.39 is 15.9 Å². The molecule has 7 nitrogen and oxygen atoms in total. The minimum atomic E-state index is -4.14. The molecule has 0 radical (unpaired) electrons. The number of hydrogen-bond donors (Lipinski definition) is 1. The molecule has 152 valence electrons. The number of nitrogens with one attached hydrogen (secondary N) is 1. The Morgan fingerprint density at radius 2 is 1.83 bits per heavy atom. The van der Waals surface area contributed by atoms with Gasteiger partial charge in [-0.15, -0.1) is 0 Å². The van der Waals surface area contributed by atoms with Crippen molar-refractivity contribution in [1.29, 1.82) is 0 Å². The van der Waals surface area contributed by atoms with Gasteiger partial charge in [-0.2, -0.15) is 0 Å². The first-order valence-corrected chi connectivity index (χ1v) is 11.1. The van der Waals surface area contributed by atoms with Crippen LogP contribution in [0, 0.1) is 6.92 Å². The van der Waals surface area contributed by atoms with Gasteiger partial charge in [0.2, 0.25) is 0 Å². The van der Waals surface area contributed by atoms with E-state index in [-0.39, 0.29) is 15.3 Å². The van der Waals surface area contributed by atoms with Crippen molar-refractivity contribution >= 4 is 55.1 Å². The monoisotopic (exact) mass is 517 g/mol. The number of nitrogens with zero attached hydrogens (tertiary/aromatic N) is 2. The zero-order chi connectivity index (χ0) is 21.3. The summed E-state index contributed by atoms with van der Waals surface area (Å²) in [7, 11) is -2.72. The first kappa shape index (κ1) is 21.6. The Labute approximate surface area is 185 Å². The Morgan fingerprint density at radius 1 is 1.17 bits per heavy atom. The molecule has 2 aromatic carbocycles. The number of aryl methyl sites for hydroxylation is 1. The fraction of sp³-hybridized carbons (Fsp3) is 0.111. The number of methoxy groups -OCH3 is 1. The number of ether oxygens (including phenoxy) is 1. The lowest BCUT2D eigenvalue weighted by Crippen LogP contribution is -2.31. The third-order valence-corrected chi connectivity index (χ3v) is 6.40. The van der Waals surface area contributed by atoms with E-state index in [1.54, 1.807) is 37.3 Å². The van der Waals surface area contributed by atoms with Gasteiger partial charge in [0.25, 0.3) is 15.9 Å². The van der Waals surface area contributed by atoms with Crippen molar-refractivity contribution in [2.75, 3.05) is 7.11 Å². The van der Waals surface area contributed by atoms with E-state index in [0.717, 1.165) is 0 Å². The lowest BCUT2D eigenvalue weighted by Gasteiger charge is -2.10. The Kier molecular flexibility index (Phi) is 6.23. The molecule has 0 spiro atoms. The Hall–Kier alpha value is -2.07. The molecule has 3 rings (SSSR count). The fourth-order valence-electron chi connectivity index (χ4n) is 2.55. The zero-order valence-electron chi connectivity index (χ0n) is 15.1. The molecule has 0 atom stereocenters. The summed E-state index contributed by atoms with van der Waals surface area (Å²) in [5.74, 6) is -0.534. The van der Waals surface area contributed by atoms with Crippen LogP contribution in [-0.4, -0.2) is 31.0 Å². The van der Waals surface area contributed by atoms with Gasteiger partial charge in [0.05, 0.1) is 17.7 Å². The molecule has 1 N–H and O–H groups in total. The zero-order valence-corrected chi connectivity index (χ0v) is 19.0. The second-order valence-corrected chi connectivity index (χ2v) is 9.19. The van der Waals surface area contributed by atoms with Gasteiger partial charge in [0.1, 0.15) is 11.4 Å². The van der Waals surface area contributed by atoms with E-state index in [1.165, 1.54) is 23.9 Å². The van der Waals surface area contributed by atoms with E-state index in [1.807, 2.05) is 4.72 Å². The second-order valence-electron chi connectivity index (χ2n) is 5.96. The molecule has 1 heterocycles. The van der Waals surface area contributed by atoms with Crippen LogP contribution in [0.3, 0.4) is 0 Å². The summed E-state index contributed by atoms with van der Waals surface area (Å²) in [4.78, 5) is 16.6. The first-order valence-electron chi connectivity index (χ1n) is 8.04. The minimum absolute atomic E-state index is 0.0645. The van der Waals surface area contributed by atoms with E-state index in [0.29, 0.717) is 27.0 Å². The normalized spacial score (nSPS) is 11.3. The highest BCUT2D eigenvalue weighted by atomic mass is 79.9. The first-order chi connectivity index (χ1) is 13.6. The molecular weight excluding hydrogens is 505 g/mol. The van der Waals surface area contributed by atoms with Crippen LogP contribution >= 0.6 is 39.1 Å². The van der Waals surface area contributed by atoms with Crippen LogP contribution in [0.25, 0.3) is 5.69 Å². The number of hydrogen-bond acceptors (Lipinski definition) is 5. The van der Waals surface area contributed by atoms with E-state index in [4.69, 9.17) is 27.9 Å². The summed E-state index contributed by atoms with van der Waals surface area (Å²) in [6.07, 6.45) is 1.37. The second kappa shape index (κ2) is 8.35. The van der Waals surface area contributed by atoms with Gasteiger partial charge in [-0.05, 0) is 52.7 Å². The summed E-state index contributed by atoms with van der Waals surface area (Å²) in [5.41, 5.74) is 0.899. The maximum atomic E-state index is 12.7. The number of carbonyl (C=O) groups is 1. The third kappa shape index (κ3) is 4.75. The van der Waals surface area contributed by atoms with E-state index >= 15 is 0 Å². The lowest BCUT2D eigenvalue weighted by atomic mass is 10.2. The van der Waals surface area contributed by atoms with Crippen LogP contribution in [0.5, 0.6) is 5.75 Å². The van der Waals surface area contributed by atoms with Crippen LogP contribution in [0.2, 0.25) is 10.0 Å².